The first kappa shape index (κ1) is 21.4. The van der Waals surface area contributed by atoms with Crippen molar-refractivity contribution in [1.29, 1.82) is 0 Å². The van der Waals surface area contributed by atoms with Gasteiger partial charge in [-0.25, -0.2) is 0 Å². The summed E-state index contributed by atoms with van der Waals surface area (Å²) in [5.74, 6) is -1.56. The van der Waals surface area contributed by atoms with Gasteiger partial charge in [-0.1, -0.05) is 31.6 Å². The number of allylic oxidation sites excluding steroid dienone is 5. The number of aliphatic carboxylic acids is 1. The largest absolute Gasteiger partial charge is 0.481 e. The third-order valence-electron chi connectivity index (χ3n) is 5.20. The summed E-state index contributed by atoms with van der Waals surface area (Å²) in [6, 6.07) is 0.148. The zero-order valence-corrected chi connectivity index (χ0v) is 17.7. The highest BCUT2D eigenvalue weighted by Gasteiger charge is 2.24. The molecule has 1 amide bonds. The molecule has 0 bridgehead atoms. The molecule has 7 heteroatoms. The van der Waals surface area contributed by atoms with Gasteiger partial charge in [-0.05, 0) is 30.6 Å². The number of aromatic nitrogens is 2. The Morgan fingerprint density at radius 1 is 1.20 bits per heavy atom. The molecule has 1 aromatic heterocycles. The number of carbonyl (C=O) groups is 2. The molecular formula is C23H28N4O3. The first-order valence-corrected chi connectivity index (χ1v) is 10.1. The molecular weight excluding hydrogens is 380 g/mol. The molecule has 2 aliphatic heterocycles. The summed E-state index contributed by atoms with van der Waals surface area (Å²) in [5.41, 5.74) is 4.09. The van der Waals surface area contributed by atoms with Crippen molar-refractivity contribution in [3.8, 4) is 0 Å². The molecule has 0 fully saturated rings. The number of aryl methyl sites for hydroxylation is 1. The summed E-state index contributed by atoms with van der Waals surface area (Å²) in [4.78, 5) is 27.1. The smallest absolute Gasteiger partial charge is 0.312 e. The number of carbonyl (C=O) groups excluding carboxylic acids is 1. The SMILES string of the molecule is CCCC(CC1C=CC(c2cnn(C)c2)=CN1C)=C1C=CC=CN1C(=O)CC(=O)O. The summed E-state index contributed by atoms with van der Waals surface area (Å²) in [5, 5.41) is 13.3. The van der Waals surface area contributed by atoms with E-state index in [0.717, 1.165) is 41.7 Å². The molecule has 1 aromatic rings. The van der Waals surface area contributed by atoms with E-state index in [0.29, 0.717) is 0 Å². The lowest BCUT2D eigenvalue weighted by Crippen LogP contribution is -2.31. The van der Waals surface area contributed by atoms with Crippen LogP contribution in [0.25, 0.3) is 5.57 Å². The van der Waals surface area contributed by atoms with Gasteiger partial charge in [-0.15, -0.1) is 0 Å². The summed E-state index contributed by atoms with van der Waals surface area (Å²) < 4.78 is 1.78. The highest BCUT2D eigenvalue weighted by molar-refractivity contribution is 5.95. The number of hydrogen-bond acceptors (Lipinski definition) is 4. The maximum Gasteiger partial charge on any atom is 0.312 e. The number of hydrogen-bond donors (Lipinski definition) is 1. The second-order valence-electron chi connectivity index (χ2n) is 7.56. The van der Waals surface area contributed by atoms with Crippen molar-refractivity contribution in [2.24, 2.45) is 7.05 Å². The van der Waals surface area contributed by atoms with E-state index >= 15 is 0 Å². The van der Waals surface area contributed by atoms with E-state index in [-0.39, 0.29) is 6.04 Å². The van der Waals surface area contributed by atoms with Crippen molar-refractivity contribution >= 4 is 17.4 Å². The highest BCUT2D eigenvalue weighted by atomic mass is 16.4. The Kier molecular flexibility index (Phi) is 6.72. The van der Waals surface area contributed by atoms with E-state index in [1.165, 1.54) is 4.90 Å². The predicted molar refractivity (Wildman–Crippen MR) is 116 cm³/mol. The van der Waals surface area contributed by atoms with Crippen LogP contribution in [-0.2, 0) is 16.6 Å². The first-order valence-electron chi connectivity index (χ1n) is 10.1. The normalized spacial score (nSPS) is 19.8. The van der Waals surface area contributed by atoms with E-state index in [1.807, 2.05) is 38.6 Å². The number of amides is 1. The Morgan fingerprint density at radius 2 is 2.00 bits per heavy atom. The number of nitrogens with zero attached hydrogens (tertiary/aromatic N) is 4. The number of carboxylic acid groups (broad SMARTS) is 1. The lowest BCUT2D eigenvalue weighted by molar-refractivity contribution is -0.142. The molecule has 0 aliphatic carbocycles. The monoisotopic (exact) mass is 408 g/mol. The Hall–Kier alpha value is -3.35. The van der Waals surface area contributed by atoms with Crippen LogP contribution in [0.4, 0.5) is 0 Å². The van der Waals surface area contributed by atoms with Gasteiger partial charge in [0.05, 0.1) is 12.2 Å². The van der Waals surface area contributed by atoms with Crippen LogP contribution < -0.4 is 0 Å². The number of carboxylic acids is 1. The summed E-state index contributed by atoms with van der Waals surface area (Å²) >= 11 is 0. The van der Waals surface area contributed by atoms with E-state index < -0.39 is 18.3 Å². The summed E-state index contributed by atoms with van der Waals surface area (Å²) in [6.07, 6.45) is 19.4. The fraction of sp³-hybridized carbons (Fsp3) is 0.348. The van der Waals surface area contributed by atoms with Crippen LogP contribution in [0, 0.1) is 0 Å². The quantitative estimate of drug-likeness (QED) is 0.699. The summed E-state index contributed by atoms with van der Waals surface area (Å²) in [6.45, 7) is 2.10. The van der Waals surface area contributed by atoms with Gasteiger partial charge in [0, 0.05) is 49.5 Å². The molecule has 0 radical (unpaired) electrons. The standard InChI is InChI=1S/C23H28N4O3/c1-4-7-17(21-8-5-6-11-27(21)22(28)13-23(29)30)12-20-10-9-18(15-25(20)2)19-14-24-26(3)16-19/h5-6,8-11,14-16,20H,4,7,12-13H2,1-3H3,(H,29,30). The molecule has 30 heavy (non-hydrogen) atoms. The second-order valence-corrected chi connectivity index (χ2v) is 7.56. The lowest BCUT2D eigenvalue weighted by atomic mass is 9.94. The van der Waals surface area contributed by atoms with Crippen LogP contribution in [0.15, 0.2) is 66.4 Å². The van der Waals surface area contributed by atoms with Crippen LogP contribution in [0.3, 0.4) is 0 Å². The van der Waals surface area contributed by atoms with Crippen LogP contribution in [0.5, 0.6) is 0 Å². The van der Waals surface area contributed by atoms with Gasteiger partial charge >= 0.3 is 5.97 Å². The van der Waals surface area contributed by atoms with Gasteiger partial charge in [-0.2, -0.15) is 5.10 Å². The van der Waals surface area contributed by atoms with Gasteiger partial charge in [0.15, 0.2) is 0 Å². The number of rotatable bonds is 7. The van der Waals surface area contributed by atoms with E-state index in [1.54, 1.807) is 17.0 Å². The van der Waals surface area contributed by atoms with Crippen LogP contribution in [0.1, 0.15) is 38.2 Å². The van der Waals surface area contributed by atoms with Crippen molar-refractivity contribution in [3.63, 3.8) is 0 Å². The molecule has 0 saturated heterocycles. The molecule has 1 N–H and O–H groups in total. The highest BCUT2D eigenvalue weighted by Crippen LogP contribution is 2.29. The summed E-state index contributed by atoms with van der Waals surface area (Å²) in [7, 11) is 3.94. The molecule has 7 nitrogen and oxygen atoms in total. The molecule has 1 unspecified atom stereocenters. The van der Waals surface area contributed by atoms with Crippen molar-refractivity contribution in [2.75, 3.05) is 7.05 Å². The van der Waals surface area contributed by atoms with E-state index in [9.17, 15) is 9.59 Å². The minimum absolute atomic E-state index is 0.148. The number of likely N-dealkylation sites (N-methyl/N-ethyl adjacent to an activating group) is 1. The van der Waals surface area contributed by atoms with Crippen molar-refractivity contribution < 1.29 is 14.7 Å². The molecule has 158 valence electrons. The van der Waals surface area contributed by atoms with Gasteiger partial charge in [0.1, 0.15) is 6.42 Å². The zero-order valence-electron chi connectivity index (χ0n) is 17.7. The van der Waals surface area contributed by atoms with Gasteiger partial charge in [0.25, 0.3) is 0 Å². The van der Waals surface area contributed by atoms with E-state index in [2.05, 4.69) is 35.3 Å². The van der Waals surface area contributed by atoms with E-state index in [4.69, 9.17) is 5.11 Å². The lowest BCUT2D eigenvalue weighted by Gasteiger charge is -2.31. The van der Waals surface area contributed by atoms with Gasteiger partial charge in [0.2, 0.25) is 5.91 Å². The van der Waals surface area contributed by atoms with Crippen molar-refractivity contribution in [1.82, 2.24) is 19.6 Å². The maximum absolute atomic E-state index is 12.5. The minimum Gasteiger partial charge on any atom is -0.481 e. The molecule has 3 rings (SSSR count). The van der Waals surface area contributed by atoms with Gasteiger partial charge < -0.3 is 10.0 Å². The van der Waals surface area contributed by atoms with Crippen molar-refractivity contribution in [3.05, 3.63) is 72.0 Å². The Labute approximate surface area is 177 Å². The third kappa shape index (κ3) is 4.97. The maximum atomic E-state index is 12.5. The van der Waals surface area contributed by atoms with Crippen LogP contribution in [0.2, 0.25) is 0 Å². The zero-order chi connectivity index (χ0) is 21.7. The van der Waals surface area contributed by atoms with Crippen LogP contribution >= 0.6 is 0 Å². The molecule has 0 aromatic carbocycles. The molecule has 2 aliphatic rings. The Bertz CT molecular complexity index is 965. The second kappa shape index (κ2) is 9.43. The minimum atomic E-state index is -1.12. The molecule has 3 heterocycles. The Morgan fingerprint density at radius 3 is 2.63 bits per heavy atom. The third-order valence-corrected chi connectivity index (χ3v) is 5.20. The molecule has 1 atom stereocenters. The first-order chi connectivity index (χ1) is 14.4. The van der Waals surface area contributed by atoms with Crippen LogP contribution in [-0.4, -0.2) is 49.7 Å². The average Bonchev–Trinajstić information content (AvgIpc) is 3.15. The van der Waals surface area contributed by atoms with Gasteiger partial charge in [-0.3, -0.25) is 19.2 Å². The van der Waals surface area contributed by atoms with Crippen molar-refractivity contribution in [2.45, 2.75) is 38.6 Å². The predicted octanol–water partition coefficient (Wildman–Crippen LogP) is 3.46. The fourth-order valence-corrected chi connectivity index (χ4v) is 3.71. The fourth-order valence-electron chi connectivity index (χ4n) is 3.71. The Balaban J connectivity index is 1.83. The molecule has 0 spiro atoms. The molecule has 0 saturated carbocycles. The topological polar surface area (TPSA) is 78.7 Å². The average molecular weight is 409 g/mol.